The standard InChI is InChI=1S/C20H21NO2/c1-2-3-12-21-14-17(16-10-7-11-18(22)20(16)21)19(23)13-15-8-5-4-6-9-15/h4-11,14,22H,2-3,12-13H2,1H3. The van der Waals surface area contributed by atoms with Crippen molar-refractivity contribution in [2.45, 2.75) is 32.7 Å². The minimum atomic E-state index is 0.0852. The number of nitrogens with zero attached hydrogens (tertiary/aromatic N) is 1. The Morgan fingerprint density at radius 3 is 2.61 bits per heavy atom. The van der Waals surface area contributed by atoms with Crippen LogP contribution in [0.3, 0.4) is 0 Å². The molecule has 0 unspecified atom stereocenters. The number of carbonyl (C=O) groups excluding carboxylic acids is 1. The predicted molar refractivity (Wildman–Crippen MR) is 93.0 cm³/mol. The van der Waals surface area contributed by atoms with Gasteiger partial charge in [0.25, 0.3) is 0 Å². The van der Waals surface area contributed by atoms with Gasteiger partial charge >= 0.3 is 0 Å². The van der Waals surface area contributed by atoms with E-state index < -0.39 is 0 Å². The number of ketones is 1. The number of Topliss-reactive ketones (excluding diaryl/α,β-unsaturated/α-hetero) is 1. The molecule has 0 aliphatic carbocycles. The number of hydrogen-bond donors (Lipinski definition) is 1. The average Bonchev–Trinajstić information content (AvgIpc) is 2.94. The largest absolute Gasteiger partial charge is 0.506 e. The van der Waals surface area contributed by atoms with Crippen LogP contribution < -0.4 is 0 Å². The molecule has 23 heavy (non-hydrogen) atoms. The first-order chi connectivity index (χ1) is 11.2. The van der Waals surface area contributed by atoms with Crippen molar-refractivity contribution in [2.75, 3.05) is 0 Å². The number of rotatable bonds is 6. The van der Waals surface area contributed by atoms with E-state index >= 15 is 0 Å². The van der Waals surface area contributed by atoms with Crippen LogP contribution in [0.25, 0.3) is 10.9 Å². The molecule has 0 bridgehead atoms. The summed E-state index contributed by atoms with van der Waals surface area (Å²) < 4.78 is 2.01. The molecule has 118 valence electrons. The molecule has 0 spiro atoms. The molecule has 3 nitrogen and oxygen atoms in total. The van der Waals surface area contributed by atoms with Gasteiger partial charge in [-0.3, -0.25) is 4.79 Å². The van der Waals surface area contributed by atoms with E-state index in [9.17, 15) is 9.90 Å². The second-order valence-corrected chi connectivity index (χ2v) is 5.85. The molecule has 0 radical (unpaired) electrons. The van der Waals surface area contributed by atoms with E-state index in [1.165, 1.54) is 0 Å². The van der Waals surface area contributed by atoms with Gasteiger partial charge in [0.15, 0.2) is 5.78 Å². The van der Waals surface area contributed by atoms with Crippen LogP contribution in [0.5, 0.6) is 5.75 Å². The van der Waals surface area contributed by atoms with Crippen LogP contribution in [0.1, 0.15) is 35.7 Å². The fraction of sp³-hybridized carbons (Fsp3) is 0.250. The van der Waals surface area contributed by atoms with Crippen LogP contribution >= 0.6 is 0 Å². The van der Waals surface area contributed by atoms with Gasteiger partial charge in [-0.05, 0) is 18.1 Å². The van der Waals surface area contributed by atoms with Crippen LogP contribution in [0.15, 0.2) is 54.7 Å². The zero-order chi connectivity index (χ0) is 16.2. The van der Waals surface area contributed by atoms with Gasteiger partial charge in [-0.1, -0.05) is 55.8 Å². The Balaban J connectivity index is 2.00. The molecule has 0 saturated heterocycles. The number of hydrogen-bond acceptors (Lipinski definition) is 2. The Kier molecular flexibility index (Phi) is 4.47. The maximum Gasteiger partial charge on any atom is 0.169 e. The van der Waals surface area contributed by atoms with Crippen molar-refractivity contribution in [3.05, 3.63) is 65.9 Å². The van der Waals surface area contributed by atoms with E-state index in [-0.39, 0.29) is 11.5 Å². The lowest BCUT2D eigenvalue weighted by Gasteiger charge is -2.04. The van der Waals surface area contributed by atoms with Crippen molar-refractivity contribution < 1.29 is 9.90 Å². The Bertz CT molecular complexity index is 818. The first kappa shape index (κ1) is 15.3. The molecule has 0 amide bonds. The molecule has 3 rings (SSSR count). The number of fused-ring (bicyclic) bond motifs is 1. The van der Waals surface area contributed by atoms with Crippen molar-refractivity contribution in [1.29, 1.82) is 0 Å². The van der Waals surface area contributed by atoms with Crippen LogP contribution in [0.2, 0.25) is 0 Å². The first-order valence-electron chi connectivity index (χ1n) is 8.08. The van der Waals surface area contributed by atoms with Crippen molar-refractivity contribution >= 4 is 16.7 Å². The molecule has 0 atom stereocenters. The van der Waals surface area contributed by atoms with Gasteiger partial charge in [0, 0.05) is 30.1 Å². The van der Waals surface area contributed by atoms with Crippen molar-refractivity contribution in [2.24, 2.45) is 0 Å². The maximum absolute atomic E-state index is 12.7. The third kappa shape index (κ3) is 3.14. The minimum Gasteiger partial charge on any atom is -0.506 e. The number of para-hydroxylation sites is 1. The Labute approximate surface area is 136 Å². The monoisotopic (exact) mass is 307 g/mol. The maximum atomic E-state index is 12.7. The summed E-state index contributed by atoms with van der Waals surface area (Å²) in [5, 5.41) is 11.0. The molecular weight excluding hydrogens is 286 g/mol. The highest BCUT2D eigenvalue weighted by atomic mass is 16.3. The van der Waals surface area contributed by atoms with Crippen molar-refractivity contribution in [3.8, 4) is 5.75 Å². The van der Waals surface area contributed by atoms with E-state index in [4.69, 9.17) is 0 Å². The summed E-state index contributed by atoms with van der Waals surface area (Å²) in [6, 6.07) is 15.1. The van der Waals surface area contributed by atoms with E-state index in [0.717, 1.165) is 35.9 Å². The van der Waals surface area contributed by atoms with Crippen LogP contribution in [-0.4, -0.2) is 15.5 Å². The molecule has 3 heteroatoms. The van der Waals surface area contributed by atoms with Gasteiger partial charge in [-0.15, -0.1) is 0 Å². The quantitative estimate of drug-likeness (QED) is 0.678. The van der Waals surface area contributed by atoms with Gasteiger partial charge in [-0.2, -0.15) is 0 Å². The summed E-state index contributed by atoms with van der Waals surface area (Å²) in [6.07, 6.45) is 4.36. The number of benzene rings is 2. The molecule has 1 heterocycles. The topological polar surface area (TPSA) is 42.2 Å². The van der Waals surface area contributed by atoms with E-state index in [2.05, 4.69) is 6.92 Å². The molecule has 0 fully saturated rings. The number of phenols is 1. The van der Waals surface area contributed by atoms with Crippen molar-refractivity contribution in [1.82, 2.24) is 4.57 Å². The lowest BCUT2D eigenvalue weighted by molar-refractivity contribution is 0.0994. The molecule has 2 aromatic carbocycles. The third-order valence-electron chi connectivity index (χ3n) is 4.14. The third-order valence-corrected chi connectivity index (χ3v) is 4.14. The number of aromatic hydroxyl groups is 1. The fourth-order valence-electron chi connectivity index (χ4n) is 2.94. The van der Waals surface area contributed by atoms with Crippen LogP contribution in [0.4, 0.5) is 0 Å². The molecule has 1 N–H and O–H groups in total. The summed E-state index contributed by atoms with van der Waals surface area (Å²) in [5.41, 5.74) is 2.46. The summed E-state index contributed by atoms with van der Waals surface area (Å²) in [5.74, 6) is 0.319. The number of carbonyl (C=O) groups is 1. The average molecular weight is 307 g/mol. The van der Waals surface area contributed by atoms with Gasteiger partial charge in [0.2, 0.25) is 0 Å². The highest BCUT2D eigenvalue weighted by molar-refractivity contribution is 6.09. The van der Waals surface area contributed by atoms with Crippen LogP contribution in [-0.2, 0) is 13.0 Å². The minimum absolute atomic E-state index is 0.0852. The SMILES string of the molecule is CCCCn1cc(C(=O)Cc2ccccc2)c2cccc(O)c21. The highest BCUT2D eigenvalue weighted by Crippen LogP contribution is 2.30. The number of phenolic OH excluding ortho intramolecular Hbond substituents is 1. The molecule has 0 aliphatic rings. The lowest BCUT2D eigenvalue weighted by atomic mass is 10.0. The summed E-state index contributed by atoms with van der Waals surface area (Å²) in [7, 11) is 0. The normalized spacial score (nSPS) is 11.0. The van der Waals surface area contributed by atoms with E-state index in [0.29, 0.717) is 12.0 Å². The molecular formula is C20H21NO2. The van der Waals surface area contributed by atoms with E-state index in [1.807, 2.05) is 47.2 Å². The highest BCUT2D eigenvalue weighted by Gasteiger charge is 2.17. The molecule has 0 aliphatic heterocycles. The second kappa shape index (κ2) is 6.69. The zero-order valence-electron chi connectivity index (χ0n) is 13.3. The smallest absolute Gasteiger partial charge is 0.169 e. The number of aryl methyl sites for hydroxylation is 1. The molecule has 0 saturated carbocycles. The van der Waals surface area contributed by atoms with Crippen molar-refractivity contribution in [3.63, 3.8) is 0 Å². The zero-order valence-corrected chi connectivity index (χ0v) is 13.3. The van der Waals surface area contributed by atoms with E-state index in [1.54, 1.807) is 12.1 Å². The van der Waals surface area contributed by atoms with Gasteiger partial charge < -0.3 is 9.67 Å². The summed E-state index contributed by atoms with van der Waals surface area (Å²) in [6.45, 7) is 2.94. The number of unbranched alkanes of at least 4 members (excludes halogenated alkanes) is 1. The molecule has 3 aromatic rings. The first-order valence-corrected chi connectivity index (χ1v) is 8.08. The molecule has 1 aromatic heterocycles. The number of aromatic nitrogens is 1. The lowest BCUT2D eigenvalue weighted by Crippen LogP contribution is -2.03. The summed E-state index contributed by atoms with van der Waals surface area (Å²) in [4.78, 5) is 12.7. The summed E-state index contributed by atoms with van der Waals surface area (Å²) >= 11 is 0. The Morgan fingerprint density at radius 2 is 1.87 bits per heavy atom. The van der Waals surface area contributed by atoms with Crippen LogP contribution in [0, 0.1) is 0 Å². The van der Waals surface area contributed by atoms with Gasteiger partial charge in [0.05, 0.1) is 5.52 Å². The predicted octanol–water partition coefficient (Wildman–Crippen LogP) is 4.57. The Morgan fingerprint density at radius 1 is 1.09 bits per heavy atom. The fourth-order valence-corrected chi connectivity index (χ4v) is 2.94. The van der Waals surface area contributed by atoms with Gasteiger partial charge in [0.1, 0.15) is 5.75 Å². The van der Waals surface area contributed by atoms with Gasteiger partial charge in [-0.25, -0.2) is 0 Å². The second-order valence-electron chi connectivity index (χ2n) is 5.85. The Hall–Kier alpha value is -2.55.